The van der Waals surface area contributed by atoms with Crippen LogP contribution in [0.4, 0.5) is 0 Å². The van der Waals surface area contributed by atoms with Gasteiger partial charge in [0, 0.05) is 24.2 Å². The van der Waals surface area contributed by atoms with Gasteiger partial charge in [0.15, 0.2) is 0 Å². The van der Waals surface area contributed by atoms with Crippen LogP contribution in [0.15, 0.2) is 60.0 Å². The molecule has 8 atom stereocenters. The monoisotopic (exact) mass is 445 g/mol. The Morgan fingerprint density at radius 3 is 2.82 bits per heavy atom. The van der Waals surface area contributed by atoms with Gasteiger partial charge < -0.3 is 20.1 Å². The van der Waals surface area contributed by atoms with E-state index >= 15 is 0 Å². The van der Waals surface area contributed by atoms with Gasteiger partial charge in [-0.05, 0) is 83.6 Å². The SMILES string of the molecule is C[C@]12CC=C3C=C4[C@@H](O)[C@H](O)[C@@H](O)C[C@]45CCC3(O5)[C@@H]1CCC2c1ccc2ccncc2c1. The van der Waals surface area contributed by atoms with Crippen molar-refractivity contribution in [3.8, 4) is 0 Å². The minimum atomic E-state index is -1.15. The highest BCUT2D eigenvalue weighted by Gasteiger charge is 2.68. The molecule has 2 spiro atoms. The van der Waals surface area contributed by atoms with Crippen LogP contribution >= 0.6 is 0 Å². The summed E-state index contributed by atoms with van der Waals surface area (Å²) < 4.78 is 7.03. The zero-order valence-corrected chi connectivity index (χ0v) is 18.9. The normalized spacial score (nSPS) is 45.8. The van der Waals surface area contributed by atoms with Gasteiger partial charge in [-0.2, -0.15) is 0 Å². The first-order chi connectivity index (χ1) is 15.9. The summed E-state index contributed by atoms with van der Waals surface area (Å²) in [6.45, 7) is 2.44. The number of ether oxygens (including phenoxy) is 1. The van der Waals surface area contributed by atoms with Crippen molar-refractivity contribution in [1.29, 1.82) is 0 Å². The lowest BCUT2D eigenvalue weighted by atomic mass is 9.58. The second-order valence-corrected chi connectivity index (χ2v) is 11.3. The van der Waals surface area contributed by atoms with Crippen molar-refractivity contribution in [1.82, 2.24) is 4.98 Å². The molecule has 1 aromatic heterocycles. The molecule has 1 saturated heterocycles. The van der Waals surface area contributed by atoms with Crippen molar-refractivity contribution >= 4 is 10.8 Å². The van der Waals surface area contributed by atoms with Gasteiger partial charge in [-0.3, -0.25) is 4.98 Å². The third-order valence-electron chi connectivity index (χ3n) is 9.91. The Morgan fingerprint density at radius 1 is 1.06 bits per heavy atom. The summed E-state index contributed by atoms with van der Waals surface area (Å²) in [6.07, 6.45) is 10.3. The van der Waals surface area contributed by atoms with Crippen LogP contribution < -0.4 is 0 Å². The van der Waals surface area contributed by atoms with Gasteiger partial charge in [0.05, 0.1) is 17.3 Å². The number of hydrogen-bond donors (Lipinski definition) is 3. The molecule has 172 valence electrons. The Balaban J connectivity index is 1.31. The number of aliphatic hydroxyl groups excluding tert-OH is 3. The summed E-state index contributed by atoms with van der Waals surface area (Å²) in [6, 6.07) is 8.90. The van der Waals surface area contributed by atoms with Crippen LogP contribution in [-0.2, 0) is 4.74 Å². The minimum Gasteiger partial charge on any atom is -0.390 e. The summed E-state index contributed by atoms with van der Waals surface area (Å²) in [5.41, 5.74) is 2.41. The summed E-state index contributed by atoms with van der Waals surface area (Å²) in [5, 5.41) is 34.0. The molecule has 3 aliphatic carbocycles. The number of aliphatic hydroxyl groups is 3. The first kappa shape index (κ1) is 20.3. The molecule has 5 heteroatoms. The van der Waals surface area contributed by atoms with Crippen LogP contribution in [0.5, 0.6) is 0 Å². The fourth-order valence-electron chi connectivity index (χ4n) is 8.30. The fourth-order valence-corrected chi connectivity index (χ4v) is 8.30. The maximum atomic E-state index is 10.8. The molecule has 2 aromatic rings. The second kappa shape index (κ2) is 6.54. The minimum absolute atomic E-state index is 0.0850. The Labute approximate surface area is 193 Å². The Kier molecular flexibility index (Phi) is 4.03. The molecule has 1 aromatic carbocycles. The number of allylic oxidation sites excluding steroid dienone is 1. The summed E-state index contributed by atoms with van der Waals surface area (Å²) >= 11 is 0. The van der Waals surface area contributed by atoms with Crippen molar-refractivity contribution in [3.63, 3.8) is 0 Å². The van der Waals surface area contributed by atoms with Crippen LogP contribution in [0.3, 0.4) is 0 Å². The molecule has 5 nitrogen and oxygen atoms in total. The maximum Gasteiger partial charge on any atom is 0.110 e. The third kappa shape index (κ3) is 2.49. The van der Waals surface area contributed by atoms with Gasteiger partial charge in [0.2, 0.25) is 0 Å². The molecule has 3 heterocycles. The lowest BCUT2D eigenvalue weighted by Gasteiger charge is -2.55. The van der Waals surface area contributed by atoms with Crippen molar-refractivity contribution in [2.75, 3.05) is 0 Å². The molecule has 2 saturated carbocycles. The Morgan fingerprint density at radius 2 is 1.94 bits per heavy atom. The first-order valence-corrected chi connectivity index (χ1v) is 12.4. The van der Waals surface area contributed by atoms with Crippen molar-refractivity contribution in [3.05, 3.63) is 65.5 Å². The van der Waals surface area contributed by atoms with E-state index in [2.05, 4.69) is 48.3 Å². The highest BCUT2D eigenvalue weighted by molar-refractivity contribution is 5.82. The van der Waals surface area contributed by atoms with Crippen LogP contribution in [0.1, 0.15) is 56.9 Å². The smallest absolute Gasteiger partial charge is 0.110 e. The van der Waals surface area contributed by atoms with Gasteiger partial charge in [-0.25, -0.2) is 0 Å². The number of hydrogen-bond acceptors (Lipinski definition) is 5. The van der Waals surface area contributed by atoms with E-state index in [-0.39, 0.29) is 11.0 Å². The maximum absolute atomic E-state index is 10.8. The number of nitrogens with zero attached hydrogens (tertiary/aromatic N) is 1. The van der Waals surface area contributed by atoms with E-state index in [9.17, 15) is 15.3 Å². The molecule has 2 bridgehead atoms. The molecule has 0 amide bonds. The number of pyridine rings is 1. The Bertz CT molecular complexity index is 1220. The molecule has 3 fully saturated rings. The summed E-state index contributed by atoms with van der Waals surface area (Å²) in [5.74, 6) is 0.840. The van der Waals surface area contributed by atoms with Crippen LogP contribution in [-0.4, -0.2) is 49.8 Å². The van der Waals surface area contributed by atoms with Gasteiger partial charge in [0.25, 0.3) is 0 Å². The molecule has 3 N–H and O–H groups in total. The lowest BCUT2D eigenvalue weighted by Crippen LogP contribution is -2.59. The summed E-state index contributed by atoms with van der Waals surface area (Å²) in [7, 11) is 0. The number of aromatic nitrogens is 1. The van der Waals surface area contributed by atoms with Crippen molar-refractivity contribution < 1.29 is 20.1 Å². The van der Waals surface area contributed by atoms with E-state index in [0.29, 0.717) is 18.3 Å². The molecule has 2 unspecified atom stereocenters. The number of benzene rings is 1. The topological polar surface area (TPSA) is 82.8 Å². The molecule has 7 rings (SSSR count). The van der Waals surface area contributed by atoms with E-state index in [1.54, 1.807) is 0 Å². The highest BCUT2D eigenvalue weighted by Crippen LogP contribution is 2.69. The van der Waals surface area contributed by atoms with Crippen LogP contribution in [0, 0.1) is 11.3 Å². The zero-order valence-electron chi connectivity index (χ0n) is 18.9. The molecule has 5 aliphatic rings. The second-order valence-electron chi connectivity index (χ2n) is 11.3. The summed E-state index contributed by atoms with van der Waals surface area (Å²) in [4.78, 5) is 4.32. The largest absolute Gasteiger partial charge is 0.390 e. The molecule has 0 radical (unpaired) electrons. The van der Waals surface area contributed by atoms with E-state index < -0.39 is 23.9 Å². The lowest BCUT2D eigenvalue weighted by molar-refractivity contribution is -0.176. The predicted molar refractivity (Wildman–Crippen MR) is 125 cm³/mol. The first-order valence-electron chi connectivity index (χ1n) is 12.4. The highest BCUT2D eigenvalue weighted by atomic mass is 16.5. The Hall–Kier alpha value is -2.05. The van der Waals surface area contributed by atoms with Gasteiger partial charge in [-0.15, -0.1) is 0 Å². The molecular formula is C28H31NO4. The average Bonchev–Trinajstić information content (AvgIpc) is 3.33. The number of rotatable bonds is 1. The van der Waals surface area contributed by atoms with E-state index in [0.717, 1.165) is 37.7 Å². The van der Waals surface area contributed by atoms with Crippen LogP contribution in [0.25, 0.3) is 10.8 Å². The van der Waals surface area contributed by atoms with Gasteiger partial charge in [-0.1, -0.05) is 31.2 Å². The van der Waals surface area contributed by atoms with Crippen molar-refractivity contribution in [2.24, 2.45) is 11.3 Å². The zero-order chi connectivity index (χ0) is 22.6. The number of fused-ring (bicyclic) bond motifs is 2. The fraction of sp³-hybridized carbons (Fsp3) is 0.536. The predicted octanol–water partition coefficient (Wildman–Crippen LogP) is 3.78. The van der Waals surface area contributed by atoms with E-state index in [4.69, 9.17) is 4.74 Å². The van der Waals surface area contributed by atoms with Crippen molar-refractivity contribution in [2.45, 2.75) is 80.9 Å². The molecule has 2 aliphatic heterocycles. The third-order valence-corrected chi connectivity index (χ3v) is 9.91. The standard InChI is InChI=1S/C28H31NO4/c1-26-8-6-19-13-21-24(31)25(32)22(30)14-27(21)9-10-28(19,33-27)23(26)5-4-20(26)17-3-2-16-7-11-29-15-18(16)12-17/h2-3,6-7,11-13,15,20,22-25,30-32H,4-5,8-10,14H2,1H3/t20?,22-,23+,24+,25+,26+,27+,28?/m0/s1. The van der Waals surface area contributed by atoms with Crippen LogP contribution in [0.2, 0.25) is 0 Å². The molecular weight excluding hydrogens is 414 g/mol. The molecule has 33 heavy (non-hydrogen) atoms. The van der Waals surface area contributed by atoms with E-state index in [1.807, 2.05) is 12.4 Å². The van der Waals surface area contributed by atoms with Gasteiger partial charge >= 0.3 is 0 Å². The average molecular weight is 446 g/mol. The van der Waals surface area contributed by atoms with E-state index in [1.165, 1.54) is 21.9 Å². The quantitative estimate of drug-likeness (QED) is 0.622. The van der Waals surface area contributed by atoms with Gasteiger partial charge in [0.1, 0.15) is 12.2 Å².